The van der Waals surface area contributed by atoms with E-state index < -0.39 is 24.1 Å². The molecule has 1 unspecified atom stereocenters. The van der Waals surface area contributed by atoms with E-state index >= 15 is 0 Å². The molecule has 0 saturated carbocycles. The molecule has 1 aliphatic heterocycles. The molecule has 0 radical (unpaired) electrons. The zero-order valence-electron chi connectivity index (χ0n) is 25.4. The number of carbonyl (C=O) groups excluding carboxylic acids is 3. The number of aromatic nitrogens is 6. The van der Waals surface area contributed by atoms with E-state index in [0.717, 1.165) is 0 Å². The predicted octanol–water partition coefficient (Wildman–Crippen LogP) is 5.39. The number of nitrogens with one attached hydrogen (secondary N) is 3. The van der Waals surface area contributed by atoms with Crippen LogP contribution in [-0.4, -0.2) is 68.1 Å². The number of amides is 2. The first-order valence-corrected chi connectivity index (χ1v) is 15.5. The Morgan fingerprint density at radius 2 is 1.89 bits per heavy atom. The van der Waals surface area contributed by atoms with E-state index in [9.17, 15) is 14.4 Å². The monoisotopic (exact) mass is 679 g/mol. The molecular formula is C31H31Cl2N9O5. The highest BCUT2D eigenvalue weighted by Gasteiger charge is 2.25. The average Bonchev–Trinajstić information content (AvgIpc) is 3.60. The van der Waals surface area contributed by atoms with Crippen LogP contribution in [0.2, 0.25) is 10.2 Å². The molecule has 4 aromatic rings. The third-order valence-corrected chi connectivity index (χ3v) is 7.83. The Kier molecular flexibility index (Phi) is 11.0. The summed E-state index contributed by atoms with van der Waals surface area (Å²) in [6.45, 7) is 1.95. The van der Waals surface area contributed by atoms with Gasteiger partial charge in [0.05, 0.1) is 31.1 Å². The minimum atomic E-state index is -0.697. The maximum Gasteiger partial charge on any atom is 0.411 e. The van der Waals surface area contributed by atoms with Crippen LogP contribution in [0, 0.1) is 0 Å². The lowest BCUT2D eigenvalue weighted by Crippen LogP contribution is -2.32. The summed E-state index contributed by atoms with van der Waals surface area (Å²) in [5.41, 5.74) is 3.79. The summed E-state index contributed by atoms with van der Waals surface area (Å²) in [4.78, 5) is 38.2. The molecule has 14 nitrogen and oxygen atoms in total. The van der Waals surface area contributed by atoms with E-state index in [4.69, 9.17) is 32.7 Å². The number of nitrogens with zero attached hydrogens (tertiary/aromatic N) is 6. The molecule has 1 aliphatic rings. The van der Waals surface area contributed by atoms with Crippen molar-refractivity contribution in [3.8, 4) is 16.8 Å². The molecule has 244 valence electrons. The van der Waals surface area contributed by atoms with Crippen molar-refractivity contribution in [2.45, 2.75) is 44.7 Å². The van der Waals surface area contributed by atoms with Crippen molar-refractivity contribution in [3.63, 3.8) is 0 Å². The summed E-state index contributed by atoms with van der Waals surface area (Å²) in [6.07, 6.45) is 6.02. The summed E-state index contributed by atoms with van der Waals surface area (Å²) in [7, 11) is 1.26. The third-order valence-electron chi connectivity index (χ3n) is 7.32. The fraction of sp³-hybridized carbons (Fsp3) is 0.290. The highest BCUT2D eigenvalue weighted by molar-refractivity contribution is 6.32. The SMILES string of the molecule is CCOC(=O)[C@H]1CCCCC(NC(=O)/C=C/c2cc(Cl)ccc2-n2cnnn2)c2cc(c(Cl)nn2)-c2ccc(NC(=O)OC)cc2N1. The highest BCUT2D eigenvalue weighted by Crippen LogP contribution is 2.37. The summed E-state index contributed by atoms with van der Waals surface area (Å²) >= 11 is 12.8. The Labute approximate surface area is 279 Å². The van der Waals surface area contributed by atoms with Gasteiger partial charge < -0.3 is 20.1 Å². The first-order valence-electron chi connectivity index (χ1n) is 14.7. The van der Waals surface area contributed by atoms with Gasteiger partial charge in [-0.05, 0) is 72.7 Å². The lowest BCUT2D eigenvalue weighted by Gasteiger charge is -2.24. The smallest absolute Gasteiger partial charge is 0.411 e. The molecule has 16 heteroatoms. The fourth-order valence-corrected chi connectivity index (χ4v) is 5.47. The number of ether oxygens (including phenoxy) is 2. The minimum Gasteiger partial charge on any atom is -0.464 e. The van der Waals surface area contributed by atoms with Gasteiger partial charge in [0, 0.05) is 39.2 Å². The van der Waals surface area contributed by atoms with Gasteiger partial charge in [-0.3, -0.25) is 10.1 Å². The van der Waals surface area contributed by atoms with Gasteiger partial charge in [0.25, 0.3) is 0 Å². The van der Waals surface area contributed by atoms with Gasteiger partial charge in [0.15, 0.2) is 5.15 Å². The molecule has 0 fully saturated rings. The lowest BCUT2D eigenvalue weighted by molar-refractivity contribution is -0.144. The Bertz CT molecular complexity index is 1790. The van der Waals surface area contributed by atoms with Crippen molar-refractivity contribution in [3.05, 3.63) is 76.3 Å². The van der Waals surface area contributed by atoms with Crippen LogP contribution in [0.5, 0.6) is 0 Å². The molecule has 3 N–H and O–H groups in total. The van der Waals surface area contributed by atoms with Crippen LogP contribution in [0.25, 0.3) is 22.9 Å². The van der Waals surface area contributed by atoms with Gasteiger partial charge in [0.1, 0.15) is 12.4 Å². The number of carbonyl (C=O) groups is 3. The predicted molar refractivity (Wildman–Crippen MR) is 175 cm³/mol. The molecule has 2 amide bonds. The number of halogens is 2. The van der Waals surface area contributed by atoms with Crippen molar-refractivity contribution < 1.29 is 23.9 Å². The zero-order chi connectivity index (χ0) is 33.3. The number of benzene rings is 2. The quantitative estimate of drug-likeness (QED) is 0.169. The maximum absolute atomic E-state index is 13.3. The number of esters is 1. The molecule has 0 spiro atoms. The van der Waals surface area contributed by atoms with E-state index in [1.54, 1.807) is 55.5 Å². The van der Waals surface area contributed by atoms with Gasteiger partial charge in [-0.1, -0.05) is 42.1 Å². The second-order valence-corrected chi connectivity index (χ2v) is 11.2. The number of fused-ring (bicyclic) bond motifs is 4. The van der Waals surface area contributed by atoms with E-state index in [1.165, 1.54) is 24.2 Å². The van der Waals surface area contributed by atoms with Gasteiger partial charge in [-0.15, -0.1) is 10.2 Å². The van der Waals surface area contributed by atoms with Crippen molar-refractivity contribution in [1.82, 2.24) is 35.7 Å². The van der Waals surface area contributed by atoms with Gasteiger partial charge >= 0.3 is 12.1 Å². The average molecular weight is 681 g/mol. The first-order chi connectivity index (χ1) is 22.7. The second-order valence-electron chi connectivity index (χ2n) is 10.4. The topological polar surface area (TPSA) is 175 Å². The molecule has 2 aromatic heterocycles. The number of tetrazole rings is 1. The summed E-state index contributed by atoms with van der Waals surface area (Å²) in [6, 6.07) is 10.7. The van der Waals surface area contributed by atoms with E-state index in [2.05, 4.69) is 41.7 Å². The van der Waals surface area contributed by atoms with Crippen LogP contribution in [-0.2, 0) is 19.1 Å². The first kappa shape index (κ1) is 33.3. The molecule has 47 heavy (non-hydrogen) atoms. The molecule has 3 heterocycles. The lowest BCUT2D eigenvalue weighted by atomic mass is 9.97. The molecule has 0 aliphatic carbocycles. The van der Waals surface area contributed by atoms with Gasteiger partial charge in [0.2, 0.25) is 5.91 Å². The summed E-state index contributed by atoms with van der Waals surface area (Å²) in [5.74, 6) is -0.799. The van der Waals surface area contributed by atoms with Gasteiger partial charge in [-0.2, -0.15) is 9.78 Å². The molecule has 2 atom stereocenters. The normalized spacial score (nSPS) is 16.2. The number of anilines is 2. The number of hydrogen-bond acceptors (Lipinski definition) is 11. The Morgan fingerprint density at radius 3 is 2.66 bits per heavy atom. The van der Waals surface area contributed by atoms with E-state index in [0.29, 0.717) is 70.2 Å². The Balaban J connectivity index is 1.48. The largest absolute Gasteiger partial charge is 0.464 e. The van der Waals surface area contributed by atoms with Crippen LogP contribution in [0.1, 0.15) is 49.9 Å². The summed E-state index contributed by atoms with van der Waals surface area (Å²) < 4.78 is 11.6. The maximum atomic E-state index is 13.3. The molecule has 2 aromatic carbocycles. The third kappa shape index (κ3) is 8.40. The van der Waals surface area contributed by atoms with Crippen LogP contribution < -0.4 is 16.0 Å². The van der Waals surface area contributed by atoms with Gasteiger partial charge in [-0.25, -0.2) is 9.59 Å². The van der Waals surface area contributed by atoms with Crippen LogP contribution in [0.4, 0.5) is 16.2 Å². The van der Waals surface area contributed by atoms with E-state index in [-0.39, 0.29) is 17.7 Å². The number of rotatable bonds is 7. The van der Waals surface area contributed by atoms with Crippen LogP contribution in [0.15, 0.2) is 54.9 Å². The van der Waals surface area contributed by atoms with E-state index in [1.807, 2.05) is 0 Å². The van der Waals surface area contributed by atoms with Crippen molar-refractivity contribution >= 4 is 58.6 Å². The van der Waals surface area contributed by atoms with Crippen molar-refractivity contribution in [2.75, 3.05) is 24.4 Å². The zero-order valence-corrected chi connectivity index (χ0v) is 27.0. The van der Waals surface area contributed by atoms with Crippen LogP contribution in [0.3, 0.4) is 0 Å². The highest BCUT2D eigenvalue weighted by atomic mass is 35.5. The van der Waals surface area contributed by atoms with Crippen LogP contribution >= 0.6 is 23.2 Å². The summed E-state index contributed by atoms with van der Waals surface area (Å²) in [5, 5.41) is 29.3. The second kappa shape index (κ2) is 15.5. The Morgan fingerprint density at radius 1 is 1.06 bits per heavy atom. The molecule has 5 rings (SSSR count). The molecule has 0 saturated heterocycles. The molecule has 2 bridgehead atoms. The Hall–Kier alpha value is -5.08. The number of hydrogen-bond donors (Lipinski definition) is 3. The van der Waals surface area contributed by atoms with Crippen molar-refractivity contribution in [2.24, 2.45) is 0 Å². The standard InChI is InChI=1S/C31H31Cl2N9O5/c1-3-47-30(44)24-7-5-4-6-23(37-28(43)13-8-18-14-19(32)9-12-27(18)42-17-34-40-41-42)26-16-22(29(33)39-38-26)21-11-10-20(15-25(21)36-24)35-31(45)46-2/h8-17,23-24,36H,3-7H2,1-2H3,(H,35,45)(H,37,43)/b13-8+/t23?,24-/m1/s1. The minimum absolute atomic E-state index is 0.108. The molecular weight excluding hydrogens is 649 g/mol. The fourth-order valence-electron chi connectivity index (χ4n) is 5.09. The van der Waals surface area contributed by atoms with Crippen molar-refractivity contribution in [1.29, 1.82) is 0 Å². The number of methoxy groups -OCH3 is 1.